The van der Waals surface area contributed by atoms with Gasteiger partial charge in [0.25, 0.3) is 0 Å². The standard InChI is InChI=1S/C11H17ClSSi/c1-9-4-3-5-11(10(9)2)8-13-14-7-6-12/h3-5H,6-8,14H2,1-2H3. The second kappa shape index (κ2) is 6.54. The lowest BCUT2D eigenvalue weighted by atomic mass is 10.1. The van der Waals surface area contributed by atoms with Crippen molar-refractivity contribution in [3.8, 4) is 0 Å². The Morgan fingerprint density at radius 3 is 2.86 bits per heavy atom. The lowest BCUT2D eigenvalue weighted by Crippen LogP contribution is -1.92. The summed E-state index contributed by atoms with van der Waals surface area (Å²) in [6, 6.07) is 7.82. The highest BCUT2D eigenvalue weighted by atomic mass is 35.5. The highest BCUT2D eigenvalue weighted by Crippen LogP contribution is 2.18. The molecule has 0 saturated heterocycles. The molecule has 0 aromatic heterocycles. The summed E-state index contributed by atoms with van der Waals surface area (Å²) in [5.74, 6) is 2.02. The Morgan fingerprint density at radius 2 is 2.14 bits per heavy atom. The third kappa shape index (κ3) is 3.68. The Hall–Kier alpha value is 0.0769. The molecule has 0 amide bonds. The van der Waals surface area contributed by atoms with Crippen LogP contribution in [0.3, 0.4) is 0 Å². The van der Waals surface area contributed by atoms with E-state index in [-0.39, 0.29) is 8.67 Å². The molecule has 0 spiro atoms. The number of halogens is 1. The van der Waals surface area contributed by atoms with Crippen LogP contribution in [0.5, 0.6) is 0 Å². The monoisotopic (exact) mass is 244 g/mol. The fraction of sp³-hybridized carbons (Fsp3) is 0.455. The van der Waals surface area contributed by atoms with E-state index in [1.54, 1.807) is 0 Å². The van der Waals surface area contributed by atoms with Crippen LogP contribution < -0.4 is 0 Å². The predicted octanol–water partition coefficient (Wildman–Crippen LogP) is 3.28. The molecule has 1 rings (SSSR count). The molecule has 0 fully saturated rings. The van der Waals surface area contributed by atoms with E-state index in [1.165, 1.54) is 28.5 Å². The summed E-state index contributed by atoms with van der Waals surface area (Å²) >= 11 is 7.77. The van der Waals surface area contributed by atoms with Crippen LogP contribution in [0.25, 0.3) is 0 Å². The SMILES string of the molecule is Cc1cccc(CS[SiH2]CCCl)c1C. The Labute approximate surface area is 97.9 Å². The maximum atomic E-state index is 5.66. The smallest absolute Gasteiger partial charge is 0.0870 e. The van der Waals surface area contributed by atoms with E-state index < -0.39 is 0 Å². The summed E-state index contributed by atoms with van der Waals surface area (Å²) in [7, 11) is 0.0239. The molecule has 1 aromatic carbocycles. The Balaban J connectivity index is 2.46. The molecule has 0 atom stereocenters. The molecule has 78 valence electrons. The fourth-order valence-electron chi connectivity index (χ4n) is 1.31. The first-order valence-electron chi connectivity index (χ1n) is 4.94. The molecule has 0 aliphatic heterocycles. The van der Waals surface area contributed by atoms with Crippen LogP contribution in [0.1, 0.15) is 16.7 Å². The summed E-state index contributed by atoms with van der Waals surface area (Å²) in [6.07, 6.45) is 0. The Morgan fingerprint density at radius 1 is 1.36 bits per heavy atom. The van der Waals surface area contributed by atoms with Gasteiger partial charge >= 0.3 is 0 Å². The zero-order valence-electron chi connectivity index (χ0n) is 8.85. The van der Waals surface area contributed by atoms with E-state index in [4.69, 9.17) is 11.6 Å². The van der Waals surface area contributed by atoms with E-state index in [0.29, 0.717) is 0 Å². The summed E-state index contributed by atoms with van der Waals surface area (Å²) < 4.78 is 0. The van der Waals surface area contributed by atoms with Crippen molar-refractivity contribution in [2.24, 2.45) is 0 Å². The van der Waals surface area contributed by atoms with Crippen molar-refractivity contribution in [1.82, 2.24) is 0 Å². The van der Waals surface area contributed by atoms with Gasteiger partial charge in [0, 0.05) is 11.6 Å². The first kappa shape index (κ1) is 12.1. The maximum absolute atomic E-state index is 5.66. The minimum Gasteiger partial charge on any atom is -0.189 e. The van der Waals surface area contributed by atoms with Crippen LogP contribution in [0.4, 0.5) is 0 Å². The molecule has 0 radical (unpaired) electrons. The maximum Gasteiger partial charge on any atom is 0.0870 e. The van der Waals surface area contributed by atoms with Gasteiger partial charge in [-0.3, -0.25) is 0 Å². The summed E-state index contributed by atoms with van der Waals surface area (Å²) in [5, 5.41) is 0. The number of rotatable bonds is 5. The van der Waals surface area contributed by atoms with Crippen LogP contribution >= 0.6 is 22.8 Å². The minimum atomic E-state index is 0.0239. The normalized spacial score (nSPS) is 11.4. The van der Waals surface area contributed by atoms with E-state index in [1.807, 2.05) is 0 Å². The quantitative estimate of drug-likeness (QED) is 0.435. The van der Waals surface area contributed by atoms with E-state index >= 15 is 0 Å². The largest absolute Gasteiger partial charge is 0.189 e. The van der Waals surface area contributed by atoms with E-state index in [2.05, 4.69) is 43.3 Å². The third-order valence-electron chi connectivity index (χ3n) is 2.40. The van der Waals surface area contributed by atoms with Gasteiger partial charge < -0.3 is 0 Å². The molecule has 3 heteroatoms. The minimum absolute atomic E-state index is 0.0239. The highest BCUT2D eigenvalue weighted by molar-refractivity contribution is 8.21. The second-order valence-corrected chi connectivity index (χ2v) is 8.09. The Bertz CT molecular complexity index is 289. The molecule has 0 N–H and O–H groups in total. The number of aryl methyl sites for hydroxylation is 1. The third-order valence-corrected chi connectivity index (χ3v) is 6.90. The average Bonchev–Trinajstić information content (AvgIpc) is 2.19. The highest BCUT2D eigenvalue weighted by Gasteiger charge is 2.00. The van der Waals surface area contributed by atoms with Crippen molar-refractivity contribution in [2.45, 2.75) is 25.6 Å². The summed E-state index contributed by atoms with van der Waals surface area (Å²) in [4.78, 5) is 0. The molecule has 0 bridgehead atoms. The lowest BCUT2D eigenvalue weighted by molar-refractivity contribution is 1.25. The predicted molar refractivity (Wildman–Crippen MR) is 71.3 cm³/mol. The molecule has 0 aliphatic rings. The molecule has 14 heavy (non-hydrogen) atoms. The Kier molecular flexibility index (Phi) is 5.68. The number of hydrogen-bond donors (Lipinski definition) is 0. The summed E-state index contributed by atoms with van der Waals surface area (Å²) in [5.41, 5.74) is 4.36. The molecule has 0 nitrogen and oxygen atoms in total. The second-order valence-electron chi connectivity index (χ2n) is 3.45. The van der Waals surface area contributed by atoms with Gasteiger partial charge in [-0.25, -0.2) is 0 Å². The van der Waals surface area contributed by atoms with Crippen LogP contribution in [-0.2, 0) is 5.75 Å². The van der Waals surface area contributed by atoms with Crippen molar-refractivity contribution in [2.75, 3.05) is 5.88 Å². The average molecular weight is 245 g/mol. The van der Waals surface area contributed by atoms with Crippen LogP contribution in [-0.4, -0.2) is 14.5 Å². The van der Waals surface area contributed by atoms with Gasteiger partial charge in [0.05, 0.1) is 8.67 Å². The van der Waals surface area contributed by atoms with Gasteiger partial charge in [-0.15, -0.1) is 11.6 Å². The molecule has 1 aromatic rings. The number of alkyl halides is 1. The molecular formula is C11H17ClSSi. The van der Waals surface area contributed by atoms with Crippen molar-refractivity contribution in [3.63, 3.8) is 0 Å². The first-order chi connectivity index (χ1) is 6.75. The topological polar surface area (TPSA) is 0 Å². The van der Waals surface area contributed by atoms with Crippen LogP contribution in [0, 0.1) is 13.8 Å². The number of benzene rings is 1. The van der Waals surface area contributed by atoms with E-state index in [9.17, 15) is 0 Å². The van der Waals surface area contributed by atoms with Crippen molar-refractivity contribution < 1.29 is 0 Å². The van der Waals surface area contributed by atoms with Gasteiger partial charge in [-0.05, 0) is 36.6 Å². The summed E-state index contributed by atoms with van der Waals surface area (Å²) in [6.45, 7) is 4.40. The number of hydrogen-bond acceptors (Lipinski definition) is 1. The molecule has 0 unspecified atom stereocenters. The van der Waals surface area contributed by atoms with Crippen molar-refractivity contribution >= 4 is 31.5 Å². The van der Waals surface area contributed by atoms with Gasteiger partial charge in [0.15, 0.2) is 0 Å². The van der Waals surface area contributed by atoms with Crippen LogP contribution in [0.15, 0.2) is 18.2 Å². The van der Waals surface area contributed by atoms with Crippen LogP contribution in [0.2, 0.25) is 6.04 Å². The molecular weight excluding hydrogens is 228 g/mol. The fourth-order valence-corrected chi connectivity index (χ4v) is 5.31. The van der Waals surface area contributed by atoms with Crippen molar-refractivity contribution in [1.29, 1.82) is 0 Å². The molecule has 0 aliphatic carbocycles. The first-order valence-corrected chi connectivity index (χ1v) is 9.36. The molecule has 0 saturated carbocycles. The molecule has 0 heterocycles. The zero-order chi connectivity index (χ0) is 10.4. The van der Waals surface area contributed by atoms with Gasteiger partial charge in [0.1, 0.15) is 0 Å². The van der Waals surface area contributed by atoms with Gasteiger partial charge in [0.2, 0.25) is 0 Å². The van der Waals surface area contributed by atoms with Crippen molar-refractivity contribution in [3.05, 3.63) is 34.9 Å². The van der Waals surface area contributed by atoms with Gasteiger partial charge in [-0.2, -0.15) is 11.2 Å². The van der Waals surface area contributed by atoms with E-state index in [0.717, 1.165) is 5.88 Å². The van der Waals surface area contributed by atoms with Gasteiger partial charge in [-0.1, -0.05) is 18.2 Å². The lowest BCUT2D eigenvalue weighted by Gasteiger charge is -2.07. The zero-order valence-corrected chi connectivity index (χ0v) is 11.8.